The van der Waals surface area contributed by atoms with E-state index in [4.69, 9.17) is 4.74 Å². The van der Waals surface area contributed by atoms with Crippen LogP contribution in [0.15, 0.2) is 34.5 Å². The van der Waals surface area contributed by atoms with E-state index in [0.717, 1.165) is 64.3 Å². The van der Waals surface area contributed by atoms with Gasteiger partial charge in [0.2, 0.25) is 0 Å². The van der Waals surface area contributed by atoms with Crippen molar-refractivity contribution < 1.29 is 17.9 Å². The maximum absolute atomic E-state index is 14.2. The Hall–Kier alpha value is -2.58. The lowest BCUT2D eigenvalue weighted by Crippen LogP contribution is -2.47. The first-order chi connectivity index (χ1) is 17.1. The lowest BCUT2D eigenvalue weighted by atomic mass is 9.93. The molecule has 0 aliphatic carbocycles. The minimum atomic E-state index is -3.50. The Kier molecular flexibility index (Phi) is 6.32. The van der Waals surface area contributed by atoms with Crippen LogP contribution in [0.1, 0.15) is 62.2 Å². The lowest BCUT2D eigenvalue weighted by Gasteiger charge is -2.37. The van der Waals surface area contributed by atoms with Crippen molar-refractivity contribution >= 4 is 27.1 Å². The summed E-state index contributed by atoms with van der Waals surface area (Å²) < 4.78 is 33.8. The van der Waals surface area contributed by atoms with E-state index in [1.54, 1.807) is 24.3 Å². The molecule has 2 aromatic heterocycles. The van der Waals surface area contributed by atoms with Gasteiger partial charge in [0.25, 0.3) is 5.91 Å². The first kappa shape index (κ1) is 25.1. The predicted molar refractivity (Wildman–Crippen MR) is 145 cm³/mol. The second-order valence-corrected chi connectivity index (χ2v) is 13.8. The van der Waals surface area contributed by atoms with E-state index >= 15 is 0 Å². The van der Waals surface area contributed by atoms with Crippen molar-refractivity contribution in [3.63, 3.8) is 0 Å². The number of hydrogen-bond acceptors (Lipinski definition) is 5. The van der Waals surface area contributed by atoms with Crippen LogP contribution in [0.3, 0.4) is 0 Å². The van der Waals surface area contributed by atoms with Crippen LogP contribution >= 0.6 is 11.3 Å². The molecule has 36 heavy (non-hydrogen) atoms. The number of methoxy groups -OCH3 is 1. The molecule has 0 fully saturated rings. The number of thiophene rings is 1. The normalized spacial score (nSPS) is 16.1. The smallest absolute Gasteiger partial charge is 0.271 e. The lowest BCUT2D eigenvalue weighted by molar-refractivity contribution is 0.0558. The number of carbonyl (C=O) groups is 1. The summed E-state index contributed by atoms with van der Waals surface area (Å²) in [7, 11) is -1.98. The maximum atomic E-state index is 14.2. The summed E-state index contributed by atoms with van der Waals surface area (Å²) in [4.78, 5) is 17.5. The van der Waals surface area contributed by atoms with Gasteiger partial charge in [0, 0.05) is 34.6 Å². The van der Waals surface area contributed by atoms with Crippen LogP contribution in [0.2, 0.25) is 0 Å². The number of benzene rings is 1. The van der Waals surface area contributed by atoms with Gasteiger partial charge in [0.15, 0.2) is 9.84 Å². The van der Waals surface area contributed by atoms with E-state index in [9.17, 15) is 13.2 Å². The molecule has 5 rings (SSSR count). The number of fused-ring (bicyclic) bond motifs is 5. The number of hydrogen-bond donors (Lipinski definition) is 0. The summed E-state index contributed by atoms with van der Waals surface area (Å²) in [6.45, 7) is 9.34. The van der Waals surface area contributed by atoms with Gasteiger partial charge in [-0.2, -0.15) is 0 Å². The molecule has 0 bridgehead atoms. The second kappa shape index (κ2) is 9.06. The van der Waals surface area contributed by atoms with Gasteiger partial charge in [-0.1, -0.05) is 13.0 Å². The van der Waals surface area contributed by atoms with E-state index in [0.29, 0.717) is 18.7 Å². The van der Waals surface area contributed by atoms with Gasteiger partial charge < -0.3 is 14.2 Å². The third-order valence-corrected chi connectivity index (χ3v) is 10.0. The number of amides is 1. The monoisotopic (exact) mass is 526 g/mol. The average molecular weight is 527 g/mol. The number of rotatable bonds is 4. The Bertz CT molecular complexity index is 1430. The molecule has 3 aromatic rings. The molecule has 1 amide bonds. The van der Waals surface area contributed by atoms with Crippen molar-refractivity contribution in [1.82, 2.24) is 9.47 Å². The number of sulfone groups is 1. The van der Waals surface area contributed by atoms with Gasteiger partial charge in [0.1, 0.15) is 16.3 Å². The first-order valence-electron chi connectivity index (χ1n) is 12.6. The molecule has 0 spiro atoms. The van der Waals surface area contributed by atoms with Gasteiger partial charge in [-0.15, -0.1) is 11.3 Å². The zero-order valence-electron chi connectivity index (χ0n) is 21.7. The van der Waals surface area contributed by atoms with E-state index in [-0.39, 0.29) is 22.1 Å². The van der Waals surface area contributed by atoms with Crippen LogP contribution in [0.4, 0.5) is 0 Å². The molecule has 6 nitrogen and oxygen atoms in total. The Morgan fingerprint density at radius 1 is 1.08 bits per heavy atom. The molecule has 0 unspecified atom stereocenters. The molecule has 8 heteroatoms. The molecular weight excluding hydrogens is 492 g/mol. The van der Waals surface area contributed by atoms with Crippen molar-refractivity contribution in [3.05, 3.63) is 46.5 Å². The molecule has 0 saturated heterocycles. The fraction of sp³-hybridized carbons (Fsp3) is 0.464. The molecule has 1 aromatic carbocycles. The van der Waals surface area contributed by atoms with Crippen LogP contribution in [-0.4, -0.2) is 48.7 Å². The van der Waals surface area contributed by atoms with Crippen LogP contribution in [0, 0.1) is 0 Å². The van der Waals surface area contributed by atoms with E-state index in [1.165, 1.54) is 7.11 Å². The average Bonchev–Trinajstić information content (AvgIpc) is 3.46. The fourth-order valence-corrected chi connectivity index (χ4v) is 7.47. The first-order valence-corrected chi connectivity index (χ1v) is 15.2. The quantitative estimate of drug-likeness (QED) is 0.430. The molecule has 2 aliphatic rings. The zero-order chi connectivity index (χ0) is 25.8. The van der Waals surface area contributed by atoms with Crippen LogP contribution in [-0.2, 0) is 29.2 Å². The second-order valence-electron chi connectivity index (χ2n) is 10.6. The van der Waals surface area contributed by atoms with Crippen LogP contribution in [0.5, 0.6) is 5.75 Å². The number of aromatic nitrogens is 1. The van der Waals surface area contributed by atoms with E-state index in [1.807, 2.05) is 17.0 Å². The van der Waals surface area contributed by atoms with Crippen LogP contribution < -0.4 is 4.74 Å². The van der Waals surface area contributed by atoms with Gasteiger partial charge in [0.05, 0.1) is 18.6 Å². The molecule has 0 saturated carbocycles. The zero-order valence-corrected chi connectivity index (χ0v) is 23.3. The fourth-order valence-electron chi connectivity index (χ4n) is 5.61. The number of carbonyl (C=O) groups excluding carboxylic acids is 1. The highest BCUT2D eigenvalue weighted by atomic mass is 32.2. The third-order valence-electron chi connectivity index (χ3n) is 7.41. The highest BCUT2D eigenvalue weighted by Crippen LogP contribution is 2.47. The summed E-state index contributed by atoms with van der Waals surface area (Å²) in [6.07, 6.45) is 3.50. The predicted octanol–water partition coefficient (Wildman–Crippen LogP) is 5.82. The Morgan fingerprint density at radius 3 is 2.50 bits per heavy atom. The molecule has 0 radical (unpaired) electrons. The van der Waals surface area contributed by atoms with Crippen molar-refractivity contribution in [2.24, 2.45) is 0 Å². The Morgan fingerprint density at radius 2 is 1.86 bits per heavy atom. The molecule has 0 N–H and O–H groups in total. The van der Waals surface area contributed by atoms with Gasteiger partial charge >= 0.3 is 0 Å². The topological polar surface area (TPSA) is 68.6 Å². The Labute approximate surface area is 217 Å². The molecular formula is C28H34N2O4S2. The molecule has 0 atom stereocenters. The minimum absolute atomic E-state index is 0.00350. The van der Waals surface area contributed by atoms with Crippen molar-refractivity contribution in [2.45, 2.75) is 70.4 Å². The highest BCUT2D eigenvalue weighted by Gasteiger charge is 2.38. The summed E-state index contributed by atoms with van der Waals surface area (Å²) >= 11 is 1.66. The largest absolute Gasteiger partial charge is 0.495 e. The molecule has 4 heterocycles. The minimum Gasteiger partial charge on any atom is -0.495 e. The summed E-state index contributed by atoms with van der Waals surface area (Å²) in [5, 5.41) is 2.06. The third kappa shape index (κ3) is 3.98. The van der Waals surface area contributed by atoms with E-state index < -0.39 is 9.84 Å². The van der Waals surface area contributed by atoms with Gasteiger partial charge in [-0.25, -0.2) is 8.42 Å². The van der Waals surface area contributed by atoms with Gasteiger partial charge in [-0.3, -0.25) is 4.79 Å². The highest BCUT2D eigenvalue weighted by molar-refractivity contribution is 7.91. The van der Waals surface area contributed by atoms with E-state index in [2.05, 4.69) is 36.8 Å². The van der Waals surface area contributed by atoms with Gasteiger partial charge in [-0.05, 0) is 81.2 Å². The van der Waals surface area contributed by atoms with Crippen molar-refractivity contribution in [2.75, 3.05) is 19.4 Å². The molecule has 2 aliphatic heterocycles. The Balaban J connectivity index is 1.85. The number of ether oxygens (including phenoxy) is 1. The summed E-state index contributed by atoms with van der Waals surface area (Å²) in [5.41, 5.74) is 5.55. The standard InChI is InChI=1S/C28H34N2O4S2/c1-6-36(32,33)23-17-20-18(16-21(23)34-5)12-14-29-25(20)24(22-11-9-15-35-22)19-10-7-8-13-30(28(2,3)4)27(31)26(19)29/h9,11,15-17H,6-8,10,12-14H2,1-5H3. The maximum Gasteiger partial charge on any atom is 0.271 e. The van der Waals surface area contributed by atoms with Crippen molar-refractivity contribution in [3.8, 4) is 27.4 Å². The number of nitrogens with zero attached hydrogens (tertiary/aromatic N) is 2. The SMILES string of the molecule is CCS(=O)(=O)c1cc2c(cc1OC)CCn1c3c(c(-c4cccs4)c1-2)CCCCN(C(C)(C)C)C3=O. The van der Waals surface area contributed by atoms with Crippen molar-refractivity contribution in [1.29, 1.82) is 0 Å². The summed E-state index contributed by atoms with van der Waals surface area (Å²) in [6, 6.07) is 7.81. The summed E-state index contributed by atoms with van der Waals surface area (Å²) in [5.74, 6) is 0.456. The number of aryl methyl sites for hydroxylation is 1. The molecule has 192 valence electrons. The van der Waals surface area contributed by atoms with Crippen LogP contribution in [0.25, 0.3) is 21.7 Å².